The van der Waals surface area contributed by atoms with E-state index in [0.717, 1.165) is 24.8 Å². The number of sulfonamides is 1. The fourth-order valence-corrected chi connectivity index (χ4v) is 5.10. The monoisotopic (exact) mass is 339 g/mol. The molecule has 0 N–H and O–H groups in total. The second-order valence-corrected chi connectivity index (χ2v) is 8.43. The zero-order valence-electron chi connectivity index (χ0n) is 13.8. The topological polar surface area (TPSA) is 55.8 Å². The molecule has 2 saturated heterocycles. The first-order chi connectivity index (χ1) is 11.0. The molecule has 0 saturated carbocycles. The van der Waals surface area contributed by atoms with Gasteiger partial charge >= 0.3 is 0 Å². The molecule has 2 heterocycles. The van der Waals surface area contributed by atoms with Crippen LogP contribution in [0.2, 0.25) is 0 Å². The SMILES string of the molecule is CCO[C@H]1COC2(CCN(S(=O)(=O)c3cccc(C)c3)CC2)C1. The predicted molar refractivity (Wildman–Crippen MR) is 87.9 cm³/mol. The summed E-state index contributed by atoms with van der Waals surface area (Å²) in [5.41, 5.74) is 0.761. The Hall–Kier alpha value is -0.950. The van der Waals surface area contributed by atoms with Crippen LogP contribution in [0.25, 0.3) is 0 Å². The Balaban J connectivity index is 1.67. The smallest absolute Gasteiger partial charge is 0.243 e. The summed E-state index contributed by atoms with van der Waals surface area (Å²) < 4.78 is 38.8. The quantitative estimate of drug-likeness (QED) is 0.845. The fourth-order valence-electron chi connectivity index (χ4n) is 3.55. The molecule has 1 atom stereocenters. The molecule has 1 aromatic carbocycles. The van der Waals surface area contributed by atoms with E-state index in [1.54, 1.807) is 22.5 Å². The number of benzene rings is 1. The highest BCUT2D eigenvalue weighted by molar-refractivity contribution is 7.89. The van der Waals surface area contributed by atoms with Crippen molar-refractivity contribution >= 4 is 10.0 Å². The Labute approximate surface area is 138 Å². The van der Waals surface area contributed by atoms with E-state index < -0.39 is 10.0 Å². The minimum absolute atomic E-state index is 0.153. The summed E-state index contributed by atoms with van der Waals surface area (Å²) in [4.78, 5) is 0.382. The maximum absolute atomic E-state index is 12.8. The van der Waals surface area contributed by atoms with Crippen LogP contribution in [0.5, 0.6) is 0 Å². The highest BCUT2D eigenvalue weighted by Crippen LogP contribution is 2.38. The summed E-state index contributed by atoms with van der Waals surface area (Å²) in [7, 11) is -3.41. The highest BCUT2D eigenvalue weighted by atomic mass is 32.2. The maximum atomic E-state index is 12.8. The number of nitrogens with zero attached hydrogens (tertiary/aromatic N) is 1. The molecular formula is C17H25NO4S. The first-order valence-corrected chi connectivity index (χ1v) is 9.72. The number of piperidine rings is 1. The maximum Gasteiger partial charge on any atom is 0.243 e. The van der Waals surface area contributed by atoms with Gasteiger partial charge < -0.3 is 9.47 Å². The normalized spacial score (nSPS) is 25.0. The third-order valence-corrected chi connectivity index (χ3v) is 6.73. The lowest BCUT2D eigenvalue weighted by Gasteiger charge is -2.37. The van der Waals surface area contributed by atoms with Crippen LogP contribution >= 0.6 is 0 Å². The third-order valence-electron chi connectivity index (χ3n) is 4.84. The number of aryl methyl sites for hydroxylation is 1. The summed E-state index contributed by atoms with van der Waals surface area (Å²) >= 11 is 0. The second kappa shape index (κ2) is 6.51. The van der Waals surface area contributed by atoms with E-state index in [1.807, 2.05) is 19.9 Å². The molecule has 2 aliphatic heterocycles. The van der Waals surface area contributed by atoms with E-state index in [0.29, 0.717) is 31.2 Å². The van der Waals surface area contributed by atoms with Crippen LogP contribution in [0.15, 0.2) is 29.2 Å². The minimum Gasteiger partial charge on any atom is -0.376 e. The van der Waals surface area contributed by atoms with Crippen molar-refractivity contribution in [1.29, 1.82) is 0 Å². The number of ether oxygens (including phenoxy) is 2. The molecule has 0 aromatic heterocycles. The number of hydrogen-bond donors (Lipinski definition) is 0. The van der Waals surface area contributed by atoms with Gasteiger partial charge in [0.25, 0.3) is 0 Å². The van der Waals surface area contributed by atoms with Crippen LogP contribution in [-0.2, 0) is 19.5 Å². The summed E-state index contributed by atoms with van der Waals surface area (Å²) in [6, 6.07) is 7.10. The van der Waals surface area contributed by atoms with Gasteiger partial charge in [0.15, 0.2) is 0 Å². The van der Waals surface area contributed by atoms with Crippen molar-refractivity contribution in [3.8, 4) is 0 Å². The zero-order chi connectivity index (χ0) is 16.5. The van der Waals surface area contributed by atoms with Gasteiger partial charge in [0, 0.05) is 26.1 Å². The van der Waals surface area contributed by atoms with Crippen molar-refractivity contribution in [1.82, 2.24) is 4.31 Å². The average molecular weight is 339 g/mol. The first kappa shape index (κ1) is 16.9. The van der Waals surface area contributed by atoms with Gasteiger partial charge in [-0.2, -0.15) is 4.31 Å². The summed E-state index contributed by atoms with van der Waals surface area (Å²) in [6.45, 7) is 6.23. The summed E-state index contributed by atoms with van der Waals surface area (Å²) in [6.07, 6.45) is 2.50. The molecule has 0 bridgehead atoms. The molecule has 0 unspecified atom stereocenters. The Kier molecular flexibility index (Phi) is 4.78. The molecule has 0 radical (unpaired) electrons. The van der Waals surface area contributed by atoms with E-state index in [1.165, 1.54) is 0 Å². The van der Waals surface area contributed by atoms with E-state index in [4.69, 9.17) is 9.47 Å². The van der Waals surface area contributed by atoms with Crippen LogP contribution in [0.1, 0.15) is 31.7 Å². The van der Waals surface area contributed by atoms with E-state index in [-0.39, 0.29) is 11.7 Å². The average Bonchev–Trinajstić information content (AvgIpc) is 2.91. The Bertz CT molecular complexity index is 650. The molecular weight excluding hydrogens is 314 g/mol. The van der Waals surface area contributed by atoms with Crippen LogP contribution in [0.3, 0.4) is 0 Å². The predicted octanol–water partition coefficient (Wildman–Crippen LogP) is 2.34. The third kappa shape index (κ3) is 3.45. The molecule has 128 valence electrons. The van der Waals surface area contributed by atoms with E-state index in [9.17, 15) is 8.42 Å². The molecule has 6 heteroatoms. The Morgan fingerprint density at radius 2 is 2.09 bits per heavy atom. The highest BCUT2D eigenvalue weighted by Gasteiger charge is 2.45. The van der Waals surface area contributed by atoms with Gasteiger partial charge in [-0.3, -0.25) is 0 Å². The summed E-state index contributed by atoms with van der Waals surface area (Å²) in [5, 5.41) is 0. The van der Waals surface area contributed by atoms with Crippen LogP contribution in [0.4, 0.5) is 0 Å². The van der Waals surface area contributed by atoms with Crippen molar-refractivity contribution in [2.45, 2.75) is 49.7 Å². The fraction of sp³-hybridized carbons (Fsp3) is 0.647. The van der Waals surface area contributed by atoms with Crippen molar-refractivity contribution < 1.29 is 17.9 Å². The molecule has 1 spiro atoms. The van der Waals surface area contributed by atoms with Crippen molar-refractivity contribution in [2.75, 3.05) is 26.3 Å². The van der Waals surface area contributed by atoms with Gasteiger partial charge in [-0.1, -0.05) is 12.1 Å². The lowest BCUT2D eigenvalue weighted by molar-refractivity contribution is -0.0336. The van der Waals surface area contributed by atoms with Gasteiger partial charge in [-0.05, 0) is 44.4 Å². The number of hydrogen-bond acceptors (Lipinski definition) is 4. The van der Waals surface area contributed by atoms with Gasteiger partial charge in [0.2, 0.25) is 10.0 Å². The molecule has 0 amide bonds. The standard InChI is InChI=1S/C17H25NO4S/c1-3-21-15-12-17(22-13-15)7-9-18(10-8-17)23(19,20)16-6-4-5-14(2)11-16/h4-6,11,15H,3,7-10,12-13H2,1-2H3/t15-/m1/s1. The number of rotatable bonds is 4. The second-order valence-electron chi connectivity index (χ2n) is 6.50. The molecule has 2 fully saturated rings. The van der Waals surface area contributed by atoms with Gasteiger partial charge in [-0.15, -0.1) is 0 Å². The molecule has 2 aliphatic rings. The lowest BCUT2D eigenvalue weighted by atomic mass is 9.89. The van der Waals surface area contributed by atoms with E-state index in [2.05, 4.69) is 0 Å². The largest absolute Gasteiger partial charge is 0.376 e. The molecule has 1 aromatic rings. The zero-order valence-corrected chi connectivity index (χ0v) is 14.6. The van der Waals surface area contributed by atoms with Crippen LogP contribution in [0, 0.1) is 6.92 Å². The Morgan fingerprint density at radius 1 is 1.35 bits per heavy atom. The van der Waals surface area contributed by atoms with Crippen molar-refractivity contribution in [3.63, 3.8) is 0 Å². The molecule has 23 heavy (non-hydrogen) atoms. The summed E-state index contributed by atoms with van der Waals surface area (Å²) in [5.74, 6) is 0. The van der Waals surface area contributed by atoms with E-state index >= 15 is 0 Å². The van der Waals surface area contributed by atoms with Crippen LogP contribution < -0.4 is 0 Å². The van der Waals surface area contributed by atoms with Gasteiger partial charge in [-0.25, -0.2) is 8.42 Å². The molecule has 3 rings (SSSR count). The van der Waals surface area contributed by atoms with Gasteiger partial charge in [0.1, 0.15) is 0 Å². The lowest BCUT2D eigenvalue weighted by Crippen LogP contribution is -2.46. The van der Waals surface area contributed by atoms with Gasteiger partial charge in [0.05, 0.1) is 23.2 Å². The van der Waals surface area contributed by atoms with Crippen molar-refractivity contribution in [3.05, 3.63) is 29.8 Å². The minimum atomic E-state index is -3.41. The van der Waals surface area contributed by atoms with Crippen molar-refractivity contribution in [2.24, 2.45) is 0 Å². The molecule has 0 aliphatic carbocycles. The molecule has 5 nitrogen and oxygen atoms in total. The first-order valence-electron chi connectivity index (χ1n) is 8.28. The Morgan fingerprint density at radius 3 is 2.74 bits per heavy atom. The van der Waals surface area contributed by atoms with Crippen LogP contribution in [-0.4, -0.2) is 50.7 Å².